The average molecular weight is 436 g/mol. The van der Waals surface area contributed by atoms with Crippen LogP contribution >= 0.6 is 11.3 Å². The number of anilines is 1. The first-order valence-electron chi connectivity index (χ1n) is 8.81. The van der Waals surface area contributed by atoms with Gasteiger partial charge in [-0.25, -0.2) is 13.1 Å². The van der Waals surface area contributed by atoms with E-state index in [2.05, 4.69) is 4.72 Å². The highest BCUT2D eigenvalue weighted by molar-refractivity contribution is 7.91. The van der Waals surface area contributed by atoms with Crippen molar-refractivity contribution in [1.82, 2.24) is 4.72 Å². The molecule has 1 N–H and O–H groups in total. The molecule has 1 unspecified atom stereocenters. The highest BCUT2D eigenvalue weighted by Crippen LogP contribution is 2.17. The fourth-order valence-electron chi connectivity index (χ4n) is 2.44. The summed E-state index contributed by atoms with van der Waals surface area (Å²) in [6.45, 7) is 1.47. The Morgan fingerprint density at radius 2 is 1.97 bits per heavy atom. The Bertz CT molecular complexity index is 953. The van der Waals surface area contributed by atoms with Gasteiger partial charge >= 0.3 is 5.97 Å². The number of ether oxygens (including phenoxy) is 1. The Morgan fingerprint density at radius 1 is 1.24 bits per heavy atom. The average Bonchev–Trinajstić information content (AvgIpc) is 3.24. The summed E-state index contributed by atoms with van der Waals surface area (Å²) in [6.07, 6.45) is -1.16. The molecule has 10 heteroatoms. The van der Waals surface area contributed by atoms with Crippen LogP contribution in [0.5, 0.6) is 0 Å². The van der Waals surface area contributed by atoms with E-state index >= 15 is 0 Å². The Labute approximate surface area is 173 Å². The maximum atomic E-state index is 12.7. The number of para-hydroxylation sites is 1. The monoisotopic (exact) mass is 435 g/mol. The third-order valence-corrected chi connectivity index (χ3v) is 6.68. The van der Waals surface area contributed by atoms with Crippen molar-refractivity contribution < 1.29 is 22.7 Å². The van der Waals surface area contributed by atoms with Crippen molar-refractivity contribution in [2.24, 2.45) is 0 Å². The van der Waals surface area contributed by atoms with Crippen molar-refractivity contribution in [1.29, 1.82) is 5.26 Å². The van der Waals surface area contributed by atoms with Gasteiger partial charge in [-0.3, -0.25) is 9.59 Å². The quantitative estimate of drug-likeness (QED) is 0.572. The summed E-state index contributed by atoms with van der Waals surface area (Å²) in [5.41, 5.74) is 0.597. The van der Waals surface area contributed by atoms with E-state index in [-0.39, 0.29) is 30.1 Å². The van der Waals surface area contributed by atoms with E-state index in [0.29, 0.717) is 5.69 Å². The van der Waals surface area contributed by atoms with Gasteiger partial charge in [-0.1, -0.05) is 24.3 Å². The molecule has 2 rings (SSSR count). The van der Waals surface area contributed by atoms with E-state index in [0.717, 1.165) is 11.3 Å². The maximum Gasteiger partial charge on any atom is 0.307 e. The number of nitriles is 1. The molecule has 1 atom stereocenters. The van der Waals surface area contributed by atoms with Crippen molar-refractivity contribution in [3.63, 3.8) is 0 Å². The molecule has 0 saturated heterocycles. The van der Waals surface area contributed by atoms with Gasteiger partial charge in [0, 0.05) is 18.8 Å². The third kappa shape index (κ3) is 6.67. The molecule has 0 bridgehead atoms. The van der Waals surface area contributed by atoms with E-state index in [1.807, 2.05) is 6.07 Å². The number of nitrogens with zero attached hydrogens (tertiary/aromatic N) is 2. The summed E-state index contributed by atoms with van der Waals surface area (Å²) in [6, 6.07) is 13.8. The predicted molar refractivity (Wildman–Crippen MR) is 109 cm³/mol. The summed E-state index contributed by atoms with van der Waals surface area (Å²) in [4.78, 5) is 26.1. The van der Waals surface area contributed by atoms with Crippen molar-refractivity contribution in [2.45, 2.75) is 30.1 Å². The second-order valence-corrected chi connectivity index (χ2v) is 8.89. The number of sulfonamides is 1. The Kier molecular flexibility index (Phi) is 8.33. The van der Waals surface area contributed by atoms with Gasteiger partial charge in [0.2, 0.25) is 10.0 Å². The van der Waals surface area contributed by atoms with Crippen molar-refractivity contribution in [3.05, 3.63) is 47.8 Å². The van der Waals surface area contributed by atoms with E-state index in [9.17, 15) is 18.0 Å². The van der Waals surface area contributed by atoms with Crippen LogP contribution in [-0.2, 0) is 24.3 Å². The number of thiophene rings is 1. The van der Waals surface area contributed by atoms with Crippen molar-refractivity contribution in [2.75, 3.05) is 18.0 Å². The SMILES string of the molecule is CC(OC(=O)CCNS(=O)(=O)c1cccs1)C(=O)N(CCC#N)c1ccccc1. The smallest absolute Gasteiger partial charge is 0.307 e. The molecule has 0 aliphatic rings. The number of nitrogens with one attached hydrogen (secondary N) is 1. The molecule has 0 aliphatic carbocycles. The Morgan fingerprint density at radius 3 is 2.59 bits per heavy atom. The van der Waals surface area contributed by atoms with E-state index < -0.39 is 28.0 Å². The van der Waals surface area contributed by atoms with Crippen LogP contribution in [0.4, 0.5) is 5.69 Å². The van der Waals surface area contributed by atoms with Crippen molar-refractivity contribution in [3.8, 4) is 6.07 Å². The first-order chi connectivity index (χ1) is 13.8. The molecule has 1 heterocycles. The molecular formula is C19H21N3O5S2. The number of esters is 1. The number of hydrogen-bond acceptors (Lipinski definition) is 7. The van der Waals surface area contributed by atoms with Crippen molar-refractivity contribution >= 4 is 38.9 Å². The van der Waals surface area contributed by atoms with Gasteiger partial charge in [0.05, 0.1) is 18.9 Å². The second-order valence-electron chi connectivity index (χ2n) is 5.95. The minimum atomic E-state index is -3.66. The number of benzene rings is 1. The van der Waals surface area contributed by atoms with Crippen LogP contribution in [0.3, 0.4) is 0 Å². The molecule has 0 aliphatic heterocycles. The molecule has 1 aromatic heterocycles. The van der Waals surface area contributed by atoms with Gasteiger partial charge in [-0.15, -0.1) is 11.3 Å². The molecule has 154 valence electrons. The Balaban J connectivity index is 1.90. The lowest BCUT2D eigenvalue weighted by Crippen LogP contribution is -2.41. The molecule has 0 saturated carbocycles. The summed E-state index contributed by atoms with van der Waals surface area (Å²) in [7, 11) is -3.66. The predicted octanol–water partition coefficient (Wildman–Crippen LogP) is 2.30. The Hall–Kier alpha value is -2.74. The second kappa shape index (κ2) is 10.7. The van der Waals surface area contributed by atoms with Crippen LogP contribution in [0, 0.1) is 11.3 Å². The van der Waals surface area contributed by atoms with Gasteiger partial charge in [-0.2, -0.15) is 5.26 Å². The van der Waals surface area contributed by atoms with E-state index in [1.54, 1.807) is 41.8 Å². The largest absolute Gasteiger partial charge is 0.452 e. The molecule has 1 amide bonds. The highest BCUT2D eigenvalue weighted by Gasteiger charge is 2.25. The molecule has 2 aromatic rings. The van der Waals surface area contributed by atoms with Gasteiger partial charge in [-0.05, 0) is 30.5 Å². The molecule has 0 fully saturated rings. The van der Waals surface area contributed by atoms with Gasteiger partial charge < -0.3 is 9.64 Å². The summed E-state index contributed by atoms with van der Waals surface area (Å²) in [5.74, 6) is -1.16. The van der Waals surface area contributed by atoms with Crippen LogP contribution in [-0.4, -0.2) is 39.5 Å². The van der Waals surface area contributed by atoms with Crippen LogP contribution in [0.2, 0.25) is 0 Å². The topological polar surface area (TPSA) is 117 Å². The maximum absolute atomic E-state index is 12.7. The zero-order chi connectivity index (χ0) is 21.3. The summed E-state index contributed by atoms with van der Waals surface area (Å²) >= 11 is 1.07. The van der Waals surface area contributed by atoms with Crippen LogP contribution < -0.4 is 9.62 Å². The first-order valence-corrected chi connectivity index (χ1v) is 11.2. The number of rotatable bonds is 10. The molecule has 29 heavy (non-hydrogen) atoms. The zero-order valence-electron chi connectivity index (χ0n) is 15.8. The fraction of sp³-hybridized carbons (Fsp3) is 0.316. The standard InChI is InChI=1S/C19H21N3O5S2/c1-15(19(24)22(13-6-11-20)16-7-3-2-4-8-16)27-17(23)10-12-21-29(25,26)18-9-5-14-28-18/h2-5,7-9,14-15,21H,6,10,12-13H2,1H3. The van der Waals surface area contributed by atoms with Crippen LogP contribution in [0.1, 0.15) is 19.8 Å². The third-order valence-electron chi connectivity index (χ3n) is 3.82. The summed E-state index contributed by atoms with van der Waals surface area (Å²) < 4.78 is 31.7. The lowest BCUT2D eigenvalue weighted by Gasteiger charge is -2.25. The lowest BCUT2D eigenvalue weighted by molar-refractivity contribution is -0.153. The molecule has 0 spiro atoms. The summed E-state index contributed by atoms with van der Waals surface area (Å²) in [5, 5.41) is 10.5. The molecular weight excluding hydrogens is 414 g/mol. The fourth-order valence-corrected chi connectivity index (χ4v) is 4.51. The minimum absolute atomic E-state index is 0.131. The van der Waals surface area contributed by atoms with E-state index in [4.69, 9.17) is 10.00 Å². The van der Waals surface area contributed by atoms with Crippen LogP contribution in [0.25, 0.3) is 0 Å². The lowest BCUT2D eigenvalue weighted by atomic mass is 10.2. The normalized spacial score (nSPS) is 12.0. The molecule has 1 aromatic carbocycles. The van der Waals surface area contributed by atoms with Crippen LogP contribution in [0.15, 0.2) is 52.1 Å². The van der Waals surface area contributed by atoms with Gasteiger partial charge in [0.15, 0.2) is 6.10 Å². The number of hydrogen-bond donors (Lipinski definition) is 1. The van der Waals surface area contributed by atoms with E-state index in [1.165, 1.54) is 17.9 Å². The highest BCUT2D eigenvalue weighted by atomic mass is 32.2. The molecule has 8 nitrogen and oxygen atoms in total. The minimum Gasteiger partial charge on any atom is -0.452 e. The van der Waals surface area contributed by atoms with Gasteiger partial charge in [0.1, 0.15) is 4.21 Å². The number of carbonyl (C=O) groups is 2. The molecule has 0 radical (unpaired) electrons. The van der Waals surface area contributed by atoms with Gasteiger partial charge in [0.25, 0.3) is 5.91 Å². The first kappa shape index (κ1) is 22.5. The zero-order valence-corrected chi connectivity index (χ0v) is 17.4. The number of carbonyl (C=O) groups excluding carboxylic acids is 2. The number of amides is 1.